The summed E-state index contributed by atoms with van der Waals surface area (Å²) in [5.74, 6) is 1.99. The zero-order chi connectivity index (χ0) is 18.1. The van der Waals surface area contributed by atoms with Gasteiger partial charge in [-0.05, 0) is 23.6 Å². The normalized spacial score (nSPS) is 23.8. The number of ether oxygens (including phenoxy) is 1. The van der Waals surface area contributed by atoms with Gasteiger partial charge in [0.1, 0.15) is 5.75 Å². The Balaban J connectivity index is 0.00000210. The van der Waals surface area contributed by atoms with Crippen LogP contribution in [-0.4, -0.2) is 47.3 Å². The number of aromatic nitrogens is 2. The molecule has 1 aromatic carbocycles. The molecule has 1 amide bonds. The number of likely N-dealkylation sites (tertiary alicyclic amines) is 1. The number of hydrogen-bond acceptors (Lipinski definition) is 4. The summed E-state index contributed by atoms with van der Waals surface area (Å²) in [5, 5.41) is 8.23. The van der Waals surface area contributed by atoms with Gasteiger partial charge in [-0.2, -0.15) is 5.10 Å². The number of benzene rings is 1. The SMILES string of the molecule is COc1ccc([C@H]2[C@H]3CNC[C@H]3CN2C(=O)CCn2cc(Cl)cn2)cc1.Cl. The Morgan fingerprint density at radius 2 is 2.11 bits per heavy atom. The van der Waals surface area contributed by atoms with Gasteiger partial charge in [0.15, 0.2) is 0 Å². The van der Waals surface area contributed by atoms with E-state index in [0.29, 0.717) is 29.8 Å². The van der Waals surface area contributed by atoms with E-state index < -0.39 is 0 Å². The molecule has 4 rings (SSSR count). The van der Waals surface area contributed by atoms with Gasteiger partial charge in [-0.15, -0.1) is 12.4 Å². The standard InChI is InChI=1S/C19H23ClN4O2.ClH/c1-26-16-4-2-13(3-5-16)19-17-10-21-8-14(17)11-24(19)18(25)6-7-23-12-15(20)9-22-23;/h2-5,9,12,14,17,19,21H,6-8,10-11H2,1H3;1H/t14-,17-,19-;/m0./s1. The van der Waals surface area contributed by atoms with Gasteiger partial charge in [-0.25, -0.2) is 0 Å². The van der Waals surface area contributed by atoms with Crippen LogP contribution in [0, 0.1) is 11.8 Å². The van der Waals surface area contributed by atoms with Crippen LogP contribution in [0.15, 0.2) is 36.7 Å². The third-order valence-corrected chi connectivity index (χ3v) is 5.69. The number of halogens is 2. The van der Waals surface area contributed by atoms with Gasteiger partial charge in [0.25, 0.3) is 0 Å². The Bertz CT molecular complexity index is 780. The van der Waals surface area contributed by atoms with Crippen LogP contribution >= 0.6 is 24.0 Å². The second-order valence-electron chi connectivity index (χ2n) is 7.02. The third kappa shape index (κ3) is 4.08. The highest BCUT2D eigenvalue weighted by molar-refractivity contribution is 6.30. The van der Waals surface area contributed by atoms with Gasteiger partial charge in [0.05, 0.1) is 24.4 Å². The summed E-state index contributed by atoms with van der Waals surface area (Å²) in [4.78, 5) is 15.0. The minimum Gasteiger partial charge on any atom is -0.497 e. The van der Waals surface area contributed by atoms with Crippen LogP contribution in [0.5, 0.6) is 5.75 Å². The second kappa shape index (κ2) is 8.50. The van der Waals surface area contributed by atoms with Crippen LogP contribution in [-0.2, 0) is 11.3 Å². The second-order valence-corrected chi connectivity index (χ2v) is 7.45. The monoisotopic (exact) mass is 410 g/mol. The van der Waals surface area contributed by atoms with Gasteiger partial charge in [-0.3, -0.25) is 9.48 Å². The summed E-state index contributed by atoms with van der Waals surface area (Å²) in [6.07, 6.45) is 3.77. The van der Waals surface area contributed by atoms with Gasteiger partial charge in [0.2, 0.25) is 5.91 Å². The van der Waals surface area contributed by atoms with E-state index in [1.807, 2.05) is 12.1 Å². The Kier molecular flexibility index (Phi) is 6.29. The molecule has 1 N–H and O–H groups in total. The summed E-state index contributed by atoms with van der Waals surface area (Å²) in [5.41, 5.74) is 1.18. The van der Waals surface area contributed by atoms with Crippen LogP contribution in [0.2, 0.25) is 5.02 Å². The molecule has 0 unspecified atom stereocenters. The third-order valence-electron chi connectivity index (χ3n) is 5.50. The van der Waals surface area contributed by atoms with Crippen LogP contribution in [0.1, 0.15) is 18.0 Å². The fourth-order valence-corrected chi connectivity index (χ4v) is 4.38. The molecule has 0 aliphatic carbocycles. The molecule has 0 spiro atoms. The summed E-state index contributed by atoms with van der Waals surface area (Å²) in [6.45, 7) is 3.30. The fraction of sp³-hybridized carbons (Fsp3) is 0.474. The Morgan fingerprint density at radius 1 is 1.33 bits per heavy atom. The van der Waals surface area contributed by atoms with Crippen molar-refractivity contribution in [2.75, 3.05) is 26.7 Å². The number of aryl methyl sites for hydroxylation is 1. The van der Waals surface area contributed by atoms with Crippen LogP contribution < -0.4 is 10.1 Å². The minimum atomic E-state index is 0. The van der Waals surface area contributed by atoms with Crippen molar-refractivity contribution >= 4 is 29.9 Å². The van der Waals surface area contributed by atoms with Gasteiger partial charge in [0, 0.05) is 44.7 Å². The maximum Gasteiger partial charge on any atom is 0.224 e. The van der Waals surface area contributed by atoms with Crippen molar-refractivity contribution in [1.82, 2.24) is 20.0 Å². The fourth-order valence-electron chi connectivity index (χ4n) is 4.22. The average Bonchev–Trinajstić information content (AvgIpc) is 3.35. The Hall–Kier alpha value is -1.76. The number of amides is 1. The first-order valence-electron chi connectivity index (χ1n) is 8.98. The predicted octanol–water partition coefficient (Wildman–Crippen LogP) is 2.78. The summed E-state index contributed by atoms with van der Waals surface area (Å²) >= 11 is 5.90. The van der Waals surface area contributed by atoms with Gasteiger partial charge < -0.3 is 15.0 Å². The predicted molar refractivity (Wildman–Crippen MR) is 106 cm³/mol. The van der Waals surface area contributed by atoms with Crippen molar-refractivity contribution in [2.45, 2.75) is 19.0 Å². The van der Waals surface area contributed by atoms with Gasteiger partial charge in [-0.1, -0.05) is 23.7 Å². The van der Waals surface area contributed by atoms with Crippen molar-refractivity contribution in [2.24, 2.45) is 11.8 Å². The van der Waals surface area contributed by atoms with E-state index in [9.17, 15) is 4.79 Å². The molecule has 8 heteroatoms. The molecule has 0 radical (unpaired) electrons. The van der Waals surface area contributed by atoms with Crippen molar-refractivity contribution in [3.05, 3.63) is 47.2 Å². The van der Waals surface area contributed by atoms with Crippen molar-refractivity contribution in [3.63, 3.8) is 0 Å². The van der Waals surface area contributed by atoms with Crippen LogP contribution in [0.4, 0.5) is 0 Å². The number of fused-ring (bicyclic) bond motifs is 1. The summed E-state index contributed by atoms with van der Waals surface area (Å²) in [6, 6.07) is 8.23. The van der Waals surface area contributed by atoms with Crippen molar-refractivity contribution < 1.29 is 9.53 Å². The number of nitrogens with one attached hydrogen (secondary N) is 1. The van der Waals surface area contributed by atoms with Crippen LogP contribution in [0.3, 0.4) is 0 Å². The molecule has 2 saturated heterocycles. The highest BCUT2D eigenvalue weighted by atomic mass is 35.5. The summed E-state index contributed by atoms with van der Waals surface area (Å²) < 4.78 is 6.99. The van der Waals surface area contributed by atoms with E-state index >= 15 is 0 Å². The average molecular weight is 411 g/mol. The number of rotatable bonds is 5. The molecular formula is C19H24Cl2N4O2. The zero-order valence-electron chi connectivity index (χ0n) is 15.2. The molecular weight excluding hydrogens is 387 g/mol. The van der Waals surface area contributed by atoms with Crippen molar-refractivity contribution in [3.8, 4) is 5.75 Å². The van der Waals surface area contributed by atoms with Gasteiger partial charge >= 0.3 is 0 Å². The first kappa shape index (κ1) is 20.0. The highest BCUT2D eigenvalue weighted by Crippen LogP contribution is 2.43. The van der Waals surface area contributed by atoms with E-state index in [-0.39, 0.29) is 24.4 Å². The van der Waals surface area contributed by atoms with E-state index in [0.717, 1.165) is 25.4 Å². The quantitative estimate of drug-likeness (QED) is 0.822. The lowest BCUT2D eigenvalue weighted by Gasteiger charge is -2.28. The Morgan fingerprint density at radius 3 is 2.78 bits per heavy atom. The molecule has 2 aliphatic heterocycles. The topological polar surface area (TPSA) is 59.4 Å². The molecule has 6 nitrogen and oxygen atoms in total. The maximum absolute atomic E-state index is 13.0. The molecule has 27 heavy (non-hydrogen) atoms. The maximum atomic E-state index is 13.0. The molecule has 146 valence electrons. The molecule has 2 fully saturated rings. The summed E-state index contributed by atoms with van der Waals surface area (Å²) in [7, 11) is 1.67. The minimum absolute atomic E-state index is 0. The lowest BCUT2D eigenvalue weighted by atomic mass is 9.89. The lowest BCUT2D eigenvalue weighted by molar-refractivity contribution is -0.133. The molecule has 3 atom stereocenters. The zero-order valence-corrected chi connectivity index (χ0v) is 16.7. The molecule has 3 heterocycles. The highest BCUT2D eigenvalue weighted by Gasteiger charge is 2.46. The molecule has 0 saturated carbocycles. The lowest BCUT2D eigenvalue weighted by Crippen LogP contribution is -2.35. The number of nitrogens with zero attached hydrogens (tertiary/aromatic N) is 3. The number of methoxy groups -OCH3 is 1. The molecule has 0 bridgehead atoms. The number of hydrogen-bond donors (Lipinski definition) is 1. The molecule has 2 aromatic rings. The first-order valence-corrected chi connectivity index (χ1v) is 9.35. The number of carbonyl (C=O) groups excluding carboxylic acids is 1. The molecule has 2 aliphatic rings. The van der Waals surface area contributed by atoms with E-state index in [2.05, 4.69) is 27.4 Å². The number of carbonyl (C=O) groups is 1. The molecule has 1 aromatic heterocycles. The largest absolute Gasteiger partial charge is 0.497 e. The van der Waals surface area contributed by atoms with E-state index in [1.54, 1.807) is 24.2 Å². The van der Waals surface area contributed by atoms with Crippen molar-refractivity contribution in [1.29, 1.82) is 0 Å². The smallest absolute Gasteiger partial charge is 0.224 e. The van der Waals surface area contributed by atoms with E-state index in [4.69, 9.17) is 16.3 Å². The van der Waals surface area contributed by atoms with Crippen LogP contribution in [0.25, 0.3) is 0 Å². The first-order chi connectivity index (χ1) is 12.7. The Labute approximate surface area is 170 Å². The van der Waals surface area contributed by atoms with E-state index in [1.165, 1.54) is 5.56 Å².